The van der Waals surface area contributed by atoms with Gasteiger partial charge in [-0.15, -0.1) is 0 Å². The van der Waals surface area contributed by atoms with Crippen molar-refractivity contribution < 1.29 is 4.42 Å². The lowest BCUT2D eigenvalue weighted by atomic mass is 10.1. The number of nitrogens with one attached hydrogen (secondary N) is 1. The first kappa shape index (κ1) is 14.4. The van der Waals surface area contributed by atoms with Crippen LogP contribution in [0.15, 0.2) is 57.4 Å². The molecule has 0 amide bonds. The molecule has 2 nitrogen and oxygen atoms in total. The lowest BCUT2D eigenvalue weighted by molar-refractivity contribution is 0.544. The zero-order valence-electron chi connectivity index (χ0n) is 12.2. The van der Waals surface area contributed by atoms with Crippen molar-refractivity contribution in [3.05, 3.63) is 69.9 Å². The lowest BCUT2D eigenvalue weighted by Gasteiger charge is -2.14. The number of benzene rings is 2. The summed E-state index contributed by atoms with van der Waals surface area (Å²) in [5.74, 6) is 0.991. The van der Waals surface area contributed by atoms with Gasteiger partial charge in [-0.3, -0.25) is 0 Å². The number of furan rings is 1. The van der Waals surface area contributed by atoms with Gasteiger partial charge in [0.05, 0.1) is 0 Å². The van der Waals surface area contributed by atoms with Gasteiger partial charge in [0, 0.05) is 28.0 Å². The molecular formula is C18H18BrNO. The molecule has 0 aliphatic carbocycles. The van der Waals surface area contributed by atoms with E-state index in [-0.39, 0.29) is 6.04 Å². The Morgan fingerprint density at radius 2 is 1.95 bits per heavy atom. The molecule has 2 aromatic carbocycles. The molecule has 1 aromatic heterocycles. The summed E-state index contributed by atoms with van der Waals surface area (Å²) in [7, 11) is 0. The van der Waals surface area contributed by atoms with E-state index in [9.17, 15) is 0 Å². The average Bonchev–Trinajstić information content (AvgIpc) is 2.80. The fourth-order valence-corrected chi connectivity index (χ4v) is 3.01. The normalized spacial score (nSPS) is 12.7. The molecule has 0 saturated heterocycles. The first-order chi connectivity index (χ1) is 10.1. The molecule has 3 heteroatoms. The second-order valence-electron chi connectivity index (χ2n) is 5.29. The van der Waals surface area contributed by atoms with Crippen molar-refractivity contribution in [3.63, 3.8) is 0 Å². The van der Waals surface area contributed by atoms with Crippen LogP contribution in [0.2, 0.25) is 0 Å². The van der Waals surface area contributed by atoms with Gasteiger partial charge in [0.15, 0.2) is 0 Å². The Bertz CT molecular complexity index is 763. The Morgan fingerprint density at radius 3 is 2.76 bits per heavy atom. The van der Waals surface area contributed by atoms with E-state index in [2.05, 4.69) is 58.5 Å². The van der Waals surface area contributed by atoms with Gasteiger partial charge in [-0.2, -0.15) is 0 Å². The van der Waals surface area contributed by atoms with Crippen molar-refractivity contribution in [2.75, 3.05) is 0 Å². The quantitative estimate of drug-likeness (QED) is 0.690. The van der Waals surface area contributed by atoms with Crippen LogP contribution in [0.5, 0.6) is 0 Å². The van der Waals surface area contributed by atoms with Gasteiger partial charge in [0.25, 0.3) is 0 Å². The summed E-state index contributed by atoms with van der Waals surface area (Å²) < 4.78 is 6.92. The Morgan fingerprint density at radius 1 is 1.14 bits per heavy atom. The Balaban J connectivity index is 1.79. The second-order valence-corrected chi connectivity index (χ2v) is 6.21. The molecule has 21 heavy (non-hydrogen) atoms. The predicted molar refractivity (Wildman–Crippen MR) is 90.3 cm³/mol. The standard InChI is InChI=1S/C18H18BrNO/c1-12(14-6-5-7-15(19)10-14)20-11-17-13(2)21-18-9-4-3-8-16(17)18/h3-10,12,20H,11H2,1-2H3/t12-/m0/s1. The Kier molecular flexibility index (Phi) is 4.13. The summed E-state index contributed by atoms with van der Waals surface area (Å²) in [4.78, 5) is 0. The molecule has 1 heterocycles. The van der Waals surface area contributed by atoms with Crippen LogP contribution < -0.4 is 5.32 Å². The average molecular weight is 344 g/mol. The van der Waals surface area contributed by atoms with Gasteiger partial charge < -0.3 is 9.73 Å². The minimum absolute atomic E-state index is 0.288. The van der Waals surface area contributed by atoms with Crippen LogP contribution in [-0.2, 0) is 6.54 Å². The highest BCUT2D eigenvalue weighted by atomic mass is 79.9. The van der Waals surface area contributed by atoms with Gasteiger partial charge >= 0.3 is 0 Å². The number of para-hydroxylation sites is 1. The molecule has 3 rings (SSSR count). The maximum atomic E-state index is 5.81. The molecule has 0 spiro atoms. The van der Waals surface area contributed by atoms with Crippen LogP contribution in [0.4, 0.5) is 0 Å². The van der Waals surface area contributed by atoms with Gasteiger partial charge in [-0.1, -0.05) is 46.3 Å². The maximum absolute atomic E-state index is 5.81. The lowest BCUT2D eigenvalue weighted by Crippen LogP contribution is -2.18. The minimum atomic E-state index is 0.288. The summed E-state index contributed by atoms with van der Waals surface area (Å²) >= 11 is 3.52. The van der Waals surface area contributed by atoms with Crippen LogP contribution in [0, 0.1) is 6.92 Å². The number of hydrogen-bond donors (Lipinski definition) is 1. The number of hydrogen-bond acceptors (Lipinski definition) is 2. The number of halogens is 1. The third-order valence-electron chi connectivity index (χ3n) is 3.83. The van der Waals surface area contributed by atoms with Crippen LogP contribution in [0.1, 0.15) is 29.9 Å². The molecule has 0 saturated carbocycles. The summed E-state index contributed by atoms with van der Waals surface area (Å²) in [5.41, 5.74) is 3.48. The van der Waals surface area contributed by atoms with Gasteiger partial charge in [0.1, 0.15) is 11.3 Å². The van der Waals surface area contributed by atoms with Crippen molar-refractivity contribution in [2.24, 2.45) is 0 Å². The molecule has 0 aliphatic rings. The number of aryl methyl sites for hydroxylation is 1. The van der Waals surface area contributed by atoms with E-state index in [0.717, 1.165) is 22.4 Å². The number of rotatable bonds is 4. The highest BCUT2D eigenvalue weighted by Gasteiger charge is 2.12. The van der Waals surface area contributed by atoms with Crippen molar-refractivity contribution in [2.45, 2.75) is 26.4 Å². The molecule has 108 valence electrons. The second kappa shape index (κ2) is 6.04. The first-order valence-electron chi connectivity index (χ1n) is 7.11. The summed E-state index contributed by atoms with van der Waals surface area (Å²) in [6, 6.07) is 16.9. The molecular weight excluding hydrogens is 326 g/mol. The minimum Gasteiger partial charge on any atom is -0.461 e. The third-order valence-corrected chi connectivity index (χ3v) is 4.33. The smallest absolute Gasteiger partial charge is 0.134 e. The maximum Gasteiger partial charge on any atom is 0.134 e. The summed E-state index contributed by atoms with van der Waals surface area (Å²) in [6.07, 6.45) is 0. The first-order valence-corrected chi connectivity index (χ1v) is 7.90. The van der Waals surface area contributed by atoms with E-state index in [4.69, 9.17) is 4.42 Å². The monoisotopic (exact) mass is 343 g/mol. The molecule has 0 bridgehead atoms. The van der Waals surface area contributed by atoms with E-state index in [1.54, 1.807) is 0 Å². The summed E-state index contributed by atoms with van der Waals surface area (Å²) in [5, 5.41) is 4.78. The molecule has 1 N–H and O–H groups in total. The van der Waals surface area contributed by atoms with Crippen molar-refractivity contribution in [1.82, 2.24) is 5.32 Å². The third kappa shape index (κ3) is 3.04. The van der Waals surface area contributed by atoms with E-state index >= 15 is 0 Å². The fourth-order valence-electron chi connectivity index (χ4n) is 2.59. The zero-order valence-corrected chi connectivity index (χ0v) is 13.8. The van der Waals surface area contributed by atoms with Crippen LogP contribution in [0.25, 0.3) is 11.0 Å². The predicted octanol–water partition coefficient (Wildman–Crippen LogP) is 5.35. The SMILES string of the molecule is Cc1oc2ccccc2c1CN[C@@H](C)c1cccc(Br)c1. The fraction of sp³-hybridized carbons (Fsp3) is 0.222. The van der Waals surface area contributed by atoms with Crippen LogP contribution in [0.3, 0.4) is 0 Å². The Hall–Kier alpha value is -1.58. The molecule has 0 fully saturated rings. The zero-order chi connectivity index (χ0) is 14.8. The molecule has 0 unspecified atom stereocenters. The van der Waals surface area contributed by atoms with Crippen LogP contribution in [-0.4, -0.2) is 0 Å². The summed E-state index contributed by atoms with van der Waals surface area (Å²) in [6.45, 7) is 5.01. The van der Waals surface area contributed by atoms with E-state index in [1.165, 1.54) is 16.5 Å². The van der Waals surface area contributed by atoms with E-state index < -0.39 is 0 Å². The van der Waals surface area contributed by atoms with Crippen molar-refractivity contribution >= 4 is 26.9 Å². The van der Waals surface area contributed by atoms with Crippen molar-refractivity contribution in [3.8, 4) is 0 Å². The van der Waals surface area contributed by atoms with Crippen LogP contribution >= 0.6 is 15.9 Å². The molecule has 0 radical (unpaired) electrons. The highest BCUT2D eigenvalue weighted by molar-refractivity contribution is 9.10. The van der Waals surface area contributed by atoms with E-state index in [0.29, 0.717) is 0 Å². The highest BCUT2D eigenvalue weighted by Crippen LogP contribution is 2.26. The molecule has 1 atom stereocenters. The largest absolute Gasteiger partial charge is 0.461 e. The van der Waals surface area contributed by atoms with Gasteiger partial charge in [-0.25, -0.2) is 0 Å². The topological polar surface area (TPSA) is 25.2 Å². The molecule has 3 aromatic rings. The Labute approximate surface area is 133 Å². The van der Waals surface area contributed by atoms with Crippen molar-refractivity contribution in [1.29, 1.82) is 0 Å². The van der Waals surface area contributed by atoms with Gasteiger partial charge in [-0.05, 0) is 37.6 Å². The van der Waals surface area contributed by atoms with Gasteiger partial charge in [0.2, 0.25) is 0 Å². The number of fused-ring (bicyclic) bond motifs is 1. The van der Waals surface area contributed by atoms with E-state index in [1.807, 2.05) is 25.1 Å². The molecule has 0 aliphatic heterocycles.